The van der Waals surface area contributed by atoms with Gasteiger partial charge in [-0.2, -0.15) is 0 Å². The predicted octanol–water partition coefficient (Wildman–Crippen LogP) is 10.5. The van der Waals surface area contributed by atoms with E-state index in [2.05, 4.69) is 67.6 Å². The number of esters is 4. The van der Waals surface area contributed by atoms with E-state index in [1.807, 2.05) is 0 Å². The number of alkyl carbamates (subject to hydrolysis) is 1. The fourth-order valence-electron chi connectivity index (χ4n) is 14.3. The van der Waals surface area contributed by atoms with E-state index in [0.717, 1.165) is 37.4 Å². The molecule has 75 heavy (non-hydrogen) atoms. The highest BCUT2D eigenvalue weighted by Crippen LogP contribution is 2.65. The Morgan fingerprint density at radius 2 is 1.44 bits per heavy atom. The van der Waals surface area contributed by atoms with Crippen molar-refractivity contribution in [2.75, 3.05) is 6.61 Å². The van der Waals surface area contributed by atoms with Gasteiger partial charge in [0.2, 0.25) is 8.32 Å². The number of aliphatic hydroxyl groups is 1. The number of rotatable bonds is 19. The van der Waals surface area contributed by atoms with Gasteiger partial charge in [-0.1, -0.05) is 108 Å². The van der Waals surface area contributed by atoms with E-state index in [9.17, 15) is 19.5 Å². The van der Waals surface area contributed by atoms with Crippen molar-refractivity contribution in [3.8, 4) is 0 Å². The number of carbonyl (C=O) groups excluding carboxylic acids is 6. The molecule has 0 radical (unpaired) electrons. The van der Waals surface area contributed by atoms with Crippen molar-refractivity contribution < 1.29 is 71.1 Å². The van der Waals surface area contributed by atoms with Crippen LogP contribution in [0.3, 0.4) is 0 Å². The topological polar surface area (TPSA) is 209 Å². The number of nitrogens with one attached hydrogen (secondary N) is 1. The highest BCUT2D eigenvalue weighted by atomic mass is 28.4. The molecular formula is C57H95NO15Si2. The third-order valence-electron chi connectivity index (χ3n) is 18.4. The Morgan fingerprint density at radius 1 is 0.867 bits per heavy atom. The van der Waals surface area contributed by atoms with Gasteiger partial charge in [0.1, 0.15) is 29.5 Å². The van der Waals surface area contributed by atoms with E-state index in [4.69, 9.17) is 37.3 Å². The molecule has 0 aromatic heterocycles. The third-order valence-corrected chi connectivity index (χ3v) is 29.1. The molecule has 0 spiro atoms. The average molecular weight is 1090 g/mol. The molecule has 1 aliphatic heterocycles. The van der Waals surface area contributed by atoms with Crippen LogP contribution in [-0.4, -0.2) is 124 Å². The van der Waals surface area contributed by atoms with Crippen LogP contribution in [0.15, 0.2) is 23.3 Å². The second kappa shape index (κ2) is 23.5. The quantitative estimate of drug-likeness (QED) is 0.0534. The van der Waals surface area contributed by atoms with Gasteiger partial charge in [0, 0.05) is 32.1 Å². The van der Waals surface area contributed by atoms with Crippen LogP contribution in [0.2, 0.25) is 34.8 Å². The highest BCUT2D eigenvalue weighted by Gasteiger charge is 2.79. The van der Waals surface area contributed by atoms with Gasteiger partial charge >= 0.3 is 30.0 Å². The van der Waals surface area contributed by atoms with Crippen molar-refractivity contribution in [2.45, 2.75) is 271 Å². The van der Waals surface area contributed by atoms with E-state index in [0.29, 0.717) is 18.4 Å². The van der Waals surface area contributed by atoms with Gasteiger partial charge in [0.05, 0.1) is 36.0 Å². The van der Waals surface area contributed by atoms with Crippen molar-refractivity contribution in [2.24, 2.45) is 22.7 Å². The zero-order valence-electron chi connectivity index (χ0n) is 49.0. The van der Waals surface area contributed by atoms with Crippen LogP contribution in [0.25, 0.3) is 0 Å². The van der Waals surface area contributed by atoms with Gasteiger partial charge in [-0.3, -0.25) is 19.2 Å². The maximum atomic E-state index is 16.6. The van der Waals surface area contributed by atoms with E-state index < -0.39 is 135 Å². The van der Waals surface area contributed by atoms with Crippen molar-refractivity contribution in [3.05, 3.63) is 23.3 Å². The smallest absolute Gasteiger partial charge is 0.408 e. The SMILES string of the molecule is C/C=C/[C@H](NC(=O)OC(C)(C)C)[C@@H](O[Si](C(C)C)(C(C)C)C(C)C)C(=O)O[C@H]1C[C@@]2(O)[C@@H](OC(=O)C3CCCCC3)C3[C@](C)(C(=O)[C@H](OC(C)=O)C(=C1C)C2(C)C)[C@@H](O[Si](CC)(CC)CC)C[C@H]1OC[C@@]31OC(C)=O. The Bertz CT molecular complexity index is 2140. The molecule has 1 unspecified atom stereocenters. The Morgan fingerprint density at radius 3 is 1.91 bits per heavy atom. The summed E-state index contributed by atoms with van der Waals surface area (Å²) < 4.78 is 53.2. The number of Topliss-reactive ketones (excluding diaryl/α,β-unsaturated/α-hetero) is 1. The summed E-state index contributed by atoms with van der Waals surface area (Å²) in [6.45, 7) is 34.8. The fourth-order valence-corrected chi connectivity index (χ4v) is 22.7. The number of hydrogen-bond donors (Lipinski definition) is 2. The molecule has 2 bridgehead atoms. The van der Waals surface area contributed by atoms with Crippen molar-refractivity contribution >= 4 is 52.4 Å². The Hall–Kier alpha value is -3.43. The first-order valence-electron chi connectivity index (χ1n) is 28.1. The lowest BCUT2D eigenvalue weighted by Gasteiger charge is -2.68. The third kappa shape index (κ3) is 11.7. The first-order valence-corrected chi connectivity index (χ1v) is 32.8. The molecular weight excluding hydrogens is 995 g/mol. The van der Waals surface area contributed by atoms with Crippen LogP contribution in [-0.2, 0) is 61.2 Å². The van der Waals surface area contributed by atoms with Crippen molar-refractivity contribution in [1.29, 1.82) is 0 Å². The van der Waals surface area contributed by atoms with Gasteiger partial charge in [0.25, 0.3) is 0 Å². The molecule has 18 heteroatoms. The summed E-state index contributed by atoms with van der Waals surface area (Å²) in [5.41, 5.74) is -7.64. The molecule has 4 aliphatic carbocycles. The molecule has 5 rings (SSSR count). The minimum atomic E-state index is -2.99. The number of ketones is 1. The minimum Gasteiger partial charge on any atom is -0.459 e. The number of ether oxygens (including phenoxy) is 6. The highest BCUT2D eigenvalue weighted by molar-refractivity contribution is 6.77. The molecule has 426 valence electrons. The van der Waals surface area contributed by atoms with E-state index in [1.54, 1.807) is 67.5 Å². The molecule has 5 aliphatic rings. The number of hydrogen-bond acceptors (Lipinski definition) is 15. The van der Waals surface area contributed by atoms with Crippen molar-refractivity contribution in [1.82, 2.24) is 5.32 Å². The van der Waals surface area contributed by atoms with E-state index >= 15 is 14.4 Å². The van der Waals surface area contributed by atoms with Crippen LogP contribution < -0.4 is 5.32 Å². The Balaban J connectivity index is 1.86. The summed E-state index contributed by atoms with van der Waals surface area (Å²) in [7, 11) is -5.61. The number of amides is 1. The van der Waals surface area contributed by atoms with Gasteiger partial charge in [0.15, 0.2) is 31.9 Å². The monoisotopic (exact) mass is 1090 g/mol. The molecule has 1 amide bonds. The summed E-state index contributed by atoms with van der Waals surface area (Å²) in [6.07, 6.45) is -1.96. The lowest BCUT2D eigenvalue weighted by molar-refractivity contribution is -0.346. The lowest BCUT2D eigenvalue weighted by atomic mass is 9.44. The number of allylic oxidation sites excluding steroid dienone is 1. The van der Waals surface area contributed by atoms with Crippen LogP contribution in [0.4, 0.5) is 4.79 Å². The maximum Gasteiger partial charge on any atom is 0.408 e. The molecule has 4 fully saturated rings. The van der Waals surface area contributed by atoms with E-state index in [1.165, 1.54) is 13.8 Å². The average Bonchev–Trinajstić information content (AvgIpc) is 3.30. The van der Waals surface area contributed by atoms with Gasteiger partial charge in [-0.05, 0) is 100 Å². The Kier molecular flexibility index (Phi) is 19.6. The normalized spacial score (nSPS) is 31.1. The minimum absolute atomic E-state index is 0.0105. The van der Waals surface area contributed by atoms with Gasteiger partial charge < -0.3 is 47.7 Å². The first-order chi connectivity index (χ1) is 34.7. The Labute approximate surface area is 450 Å². The zero-order chi connectivity index (χ0) is 56.6. The van der Waals surface area contributed by atoms with Gasteiger partial charge in [-0.15, -0.1) is 0 Å². The molecule has 0 aromatic carbocycles. The molecule has 1 heterocycles. The maximum absolute atomic E-state index is 16.6. The first kappa shape index (κ1) is 62.4. The molecule has 1 saturated heterocycles. The van der Waals surface area contributed by atoms with Gasteiger partial charge in [-0.25, -0.2) is 9.59 Å². The molecule has 16 nitrogen and oxygen atoms in total. The standard InChI is InChI=1S/C57H95NO15Si2/c1-20-27-40(58-52(64)71-53(14,15)16)45(73-75(33(5)6,34(7)8)35(9)10)51(63)68-41-31-57(65)49(69-50(62)39-28-25-24-26-29-39)47-55(19,48(61)46(67-37(12)59)44(36(41)11)54(57,17)18)42(72-74(21-2,22-3)23-4)30-43-56(47,32-66-43)70-38(13)60/h20,27,33-35,39-43,45-47,49,65H,21-26,28-32H2,1-19H3,(H,58,64)/b27-20+/t40-,41-,42-,43+,45+,46+,47?,49-,55+,56-,57+/m0/s1. The summed E-state index contributed by atoms with van der Waals surface area (Å²) in [4.78, 5) is 88.2. The summed E-state index contributed by atoms with van der Waals surface area (Å²) in [6, 6.07) is 1.05. The van der Waals surface area contributed by atoms with Crippen LogP contribution >= 0.6 is 0 Å². The number of carbonyl (C=O) groups is 6. The summed E-state index contributed by atoms with van der Waals surface area (Å²) >= 11 is 0. The van der Waals surface area contributed by atoms with Crippen LogP contribution in [0, 0.1) is 22.7 Å². The molecule has 0 aromatic rings. The summed E-state index contributed by atoms with van der Waals surface area (Å²) in [5, 5.41) is 17.3. The molecule has 2 N–H and O–H groups in total. The lowest BCUT2D eigenvalue weighted by Crippen LogP contribution is -2.82. The fraction of sp³-hybridized carbons (Fsp3) is 0.825. The predicted molar refractivity (Wildman–Crippen MR) is 289 cm³/mol. The second-order valence-corrected chi connectivity index (χ2v) is 35.2. The van der Waals surface area contributed by atoms with Crippen molar-refractivity contribution in [3.63, 3.8) is 0 Å². The van der Waals surface area contributed by atoms with E-state index in [-0.39, 0.29) is 41.6 Å². The zero-order valence-corrected chi connectivity index (χ0v) is 51.0. The molecule has 3 saturated carbocycles. The number of fused-ring (bicyclic) bond motifs is 5. The molecule has 11 atom stereocenters. The van der Waals surface area contributed by atoms with Crippen LogP contribution in [0.1, 0.15) is 176 Å². The largest absolute Gasteiger partial charge is 0.459 e. The summed E-state index contributed by atoms with van der Waals surface area (Å²) in [5.74, 6) is -5.36. The second-order valence-electron chi connectivity index (χ2n) is 25.1. The van der Waals surface area contributed by atoms with Crippen LogP contribution in [0.5, 0.6) is 0 Å².